The van der Waals surface area contributed by atoms with Gasteiger partial charge in [0.05, 0.1) is 22.4 Å². The summed E-state index contributed by atoms with van der Waals surface area (Å²) < 4.78 is 4.91. The number of rotatable bonds is 6. The molecule has 2 rings (SSSR count). The van der Waals surface area contributed by atoms with Crippen molar-refractivity contribution in [1.82, 2.24) is 10.2 Å². The van der Waals surface area contributed by atoms with E-state index < -0.39 is 6.04 Å². The molecular formula is C15H18Cl2N2O3S. The van der Waals surface area contributed by atoms with Gasteiger partial charge in [-0.15, -0.1) is 11.8 Å². The summed E-state index contributed by atoms with van der Waals surface area (Å²) in [5.41, 5.74) is 0.854. The maximum absolute atomic E-state index is 12.2. The van der Waals surface area contributed by atoms with Gasteiger partial charge in [0.15, 0.2) is 0 Å². The van der Waals surface area contributed by atoms with Crippen LogP contribution in [0.2, 0.25) is 10.0 Å². The summed E-state index contributed by atoms with van der Waals surface area (Å²) in [6.45, 7) is 2.56. The lowest BCUT2D eigenvalue weighted by molar-refractivity contribution is -0.137. The second-order valence-corrected chi connectivity index (χ2v) is 6.98. The molecule has 8 heteroatoms. The van der Waals surface area contributed by atoms with Crippen LogP contribution < -0.4 is 5.32 Å². The predicted octanol–water partition coefficient (Wildman–Crippen LogP) is 2.72. The molecule has 0 radical (unpaired) electrons. The van der Waals surface area contributed by atoms with Gasteiger partial charge in [-0.05, 0) is 24.6 Å². The van der Waals surface area contributed by atoms with Crippen molar-refractivity contribution in [3.63, 3.8) is 0 Å². The van der Waals surface area contributed by atoms with Crippen molar-refractivity contribution in [3.05, 3.63) is 33.8 Å². The van der Waals surface area contributed by atoms with Gasteiger partial charge in [-0.3, -0.25) is 9.59 Å². The van der Waals surface area contributed by atoms with Crippen LogP contribution in [0, 0.1) is 0 Å². The number of nitrogens with zero attached hydrogens (tertiary/aromatic N) is 1. The van der Waals surface area contributed by atoms with Crippen LogP contribution in [0.3, 0.4) is 0 Å². The Hall–Kier alpha value is -0.950. The van der Waals surface area contributed by atoms with E-state index in [2.05, 4.69) is 5.32 Å². The smallest absolute Gasteiger partial charge is 0.242 e. The van der Waals surface area contributed by atoms with Crippen LogP contribution >= 0.6 is 35.0 Å². The average molecular weight is 377 g/mol. The number of hydrogen-bond acceptors (Lipinski definition) is 4. The molecule has 2 atom stereocenters. The van der Waals surface area contributed by atoms with Crippen LogP contribution in [-0.2, 0) is 14.3 Å². The van der Waals surface area contributed by atoms with E-state index in [1.54, 1.807) is 31.1 Å². The monoisotopic (exact) mass is 376 g/mol. The van der Waals surface area contributed by atoms with Crippen molar-refractivity contribution in [1.29, 1.82) is 0 Å². The Balaban J connectivity index is 2.15. The fourth-order valence-electron chi connectivity index (χ4n) is 2.33. The van der Waals surface area contributed by atoms with Crippen molar-refractivity contribution in [2.24, 2.45) is 0 Å². The normalized spacial score (nSPS) is 19.0. The number of thioether (sulfide) groups is 1. The maximum Gasteiger partial charge on any atom is 0.242 e. The summed E-state index contributed by atoms with van der Waals surface area (Å²) >= 11 is 13.5. The van der Waals surface area contributed by atoms with Crippen LogP contribution in [0.1, 0.15) is 17.9 Å². The summed E-state index contributed by atoms with van der Waals surface area (Å²) in [4.78, 5) is 26.0. The molecular weight excluding hydrogens is 359 g/mol. The zero-order valence-corrected chi connectivity index (χ0v) is 15.2. The fraction of sp³-hybridized carbons (Fsp3) is 0.467. The third kappa shape index (κ3) is 4.32. The summed E-state index contributed by atoms with van der Waals surface area (Å²) in [6, 6.07) is 4.69. The Bertz CT molecular complexity index is 600. The van der Waals surface area contributed by atoms with E-state index in [0.717, 1.165) is 5.56 Å². The molecule has 1 fully saturated rings. The zero-order chi connectivity index (χ0) is 17.0. The highest BCUT2D eigenvalue weighted by Gasteiger charge is 2.38. The molecule has 126 valence electrons. The Morgan fingerprint density at radius 1 is 1.48 bits per heavy atom. The lowest BCUT2D eigenvalue weighted by atomic mass is 10.1. The lowest BCUT2D eigenvalue weighted by Gasteiger charge is -2.29. The zero-order valence-electron chi connectivity index (χ0n) is 12.8. The number of hydrogen-bond donors (Lipinski definition) is 1. The largest absolute Gasteiger partial charge is 0.383 e. The molecule has 1 aliphatic rings. The summed E-state index contributed by atoms with van der Waals surface area (Å²) in [7, 11) is 1.57. The molecule has 0 aromatic heterocycles. The molecule has 0 aliphatic carbocycles. The molecule has 1 heterocycles. The van der Waals surface area contributed by atoms with Crippen LogP contribution in [0.15, 0.2) is 18.2 Å². The van der Waals surface area contributed by atoms with Gasteiger partial charge >= 0.3 is 0 Å². The standard InChI is InChI=1S/C15H18Cl2N2O3S/c1-9(14(21)18-5-6-22-2)19-13(20)8-23-15(19)10-3-4-11(16)12(17)7-10/h3-4,7,9,15H,5-6,8H2,1-2H3,(H,18,21)/t9-,15-/m1/s1. The molecule has 5 nitrogen and oxygen atoms in total. The minimum atomic E-state index is -0.575. The molecule has 2 amide bonds. The minimum absolute atomic E-state index is 0.0690. The Labute approximate surface area is 149 Å². The number of halogens is 2. The first-order valence-electron chi connectivity index (χ1n) is 7.10. The van der Waals surface area contributed by atoms with Crippen molar-refractivity contribution in [2.75, 3.05) is 26.0 Å². The van der Waals surface area contributed by atoms with Gasteiger partial charge in [0.2, 0.25) is 11.8 Å². The van der Waals surface area contributed by atoms with Crippen LogP contribution in [0.25, 0.3) is 0 Å². The second kappa shape index (κ2) is 8.24. The fourth-order valence-corrected chi connectivity index (χ4v) is 3.88. The van der Waals surface area contributed by atoms with Crippen LogP contribution in [0.5, 0.6) is 0 Å². The molecule has 0 unspecified atom stereocenters. The van der Waals surface area contributed by atoms with E-state index in [-0.39, 0.29) is 17.2 Å². The number of amides is 2. The summed E-state index contributed by atoms with van der Waals surface area (Å²) in [5.74, 6) is 0.0593. The van der Waals surface area contributed by atoms with Gasteiger partial charge < -0.3 is 15.0 Å². The van der Waals surface area contributed by atoms with Crippen molar-refractivity contribution < 1.29 is 14.3 Å². The second-order valence-electron chi connectivity index (χ2n) is 5.10. The first kappa shape index (κ1) is 18.4. The highest BCUT2D eigenvalue weighted by molar-refractivity contribution is 8.00. The van der Waals surface area contributed by atoms with Gasteiger partial charge in [-0.25, -0.2) is 0 Å². The molecule has 0 spiro atoms. The first-order chi connectivity index (χ1) is 11.0. The lowest BCUT2D eigenvalue weighted by Crippen LogP contribution is -2.47. The third-order valence-electron chi connectivity index (χ3n) is 3.54. The molecule has 23 heavy (non-hydrogen) atoms. The van der Waals surface area contributed by atoms with E-state index >= 15 is 0 Å². The van der Waals surface area contributed by atoms with Gasteiger partial charge in [-0.1, -0.05) is 29.3 Å². The van der Waals surface area contributed by atoms with E-state index in [1.165, 1.54) is 11.8 Å². The van der Waals surface area contributed by atoms with Crippen LogP contribution in [0.4, 0.5) is 0 Å². The number of ether oxygens (including phenoxy) is 1. The molecule has 0 bridgehead atoms. The average Bonchev–Trinajstić information content (AvgIpc) is 2.91. The highest BCUT2D eigenvalue weighted by Crippen LogP contribution is 2.41. The van der Waals surface area contributed by atoms with Gasteiger partial charge in [-0.2, -0.15) is 0 Å². The Kier molecular flexibility index (Phi) is 6.59. The first-order valence-corrected chi connectivity index (χ1v) is 8.90. The van der Waals surface area contributed by atoms with Gasteiger partial charge in [0, 0.05) is 13.7 Å². The van der Waals surface area contributed by atoms with E-state index in [1.807, 2.05) is 6.07 Å². The van der Waals surface area contributed by atoms with Crippen LogP contribution in [-0.4, -0.2) is 48.8 Å². The number of benzene rings is 1. The van der Waals surface area contributed by atoms with Crippen molar-refractivity contribution in [3.8, 4) is 0 Å². The molecule has 1 N–H and O–H groups in total. The molecule has 1 aliphatic heterocycles. The molecule has 1 saturated heterocycles. The predicted molar refractivity (Wildman–Crippen MR) is 92.9 cm³/mol. The number of carbonyl (C=O) groups is 2. The van der Waals surface area contributed by atoms with E-state index in [0.29, 0.717) is 28.9 Å². The summed E-state index contributed by atoms with van der Waals surface area (Å²) in [6.07, 6.45) is 0. The van der Waals surface area contributed by atoms with E-state index in [9.17, 15) is 9.59 Å². The summed E-state index contributed by atoms with van der Waals surface area (Å²) in [5, 5.41) is 3.40. The minimum Gasteiger partial charge on any atom is -0.383 e. The van der Waals surface area contributed by atoms with Gasteiger partial charge in [0.25, 0.3) is 0 Å². The molecule has 0 saturated carbocycles. The molecule has 1 aromatic rings. The maximum atomic E-state index is 12.2. The number of carbonyl (C=O) groups excluding carboxylic acids is 2. The number of nitrogens with one attached hydrogen (secondary N) is 1. The molecule has 1 aromatic carbocycles. The Morgan fingerprint density at radius 3 is 2.87 bits per heavy atom. The van der Waals surface area contributed by atoms with Gasteiger partial charge in [0.1, 0.15) is 11.4 Å². The topological polar surface area (TPSA) is 58.6 Å². The highest BCUT2D eigenvalue weighted by atomic mass is 35.5. The van der Waals surface area contributed by atoms with Crippen molar-refractivity contribution >= 4 is 46.8 Å². The Morgan fingerprint density at radius 2 is 2.22 bits per heavy atom. The number of methoxy groups -OCH3 is 1. The third-order valence-corrected chi connectivity index (χ3v) is 5.50. The quantitative estimate of drug-likeness (QED) is 0.775. The SMILES string of the molecule is COCCNC(=O)[C@@H](C)N1C(=O)CS[C@@H]1c1ccc(Cl)c(Cl)c1. The van der Waals surface area contributed by atoms with E-state index in [4.69, 9.17) is 27.9 Å². The van der Waals surface area contributed by atoms with Crippen molar-refractivity contribution in [2.45, 2.75) is 18.3 Å².